The van der Waals surface area contributed by atoms with E-state index in [2.05, 4.69) is 72.5 Å². The number of H-pyrrole nitrogens is 1. The summed E-state index contributed by atoms with van der Waals surface area (Å²) in [5, 5.41) is 3.98. The highest BCUT2D eigenvalue weighted by Crippen LogP contribution is 2.39. The molecule has 0 bridgehead atoms. The summed E-state index contributed by atoms with van der Waals surface area (Å²) >= 11 is 0. The second kappa shape index (κ2) is 9.90. The van der Waals surface area contributed by atoms with Crippen LogP contribution in [-0.2, 0) is 11.8 Å². The molecular weight excluding hydrogens is 412 g/mol. The molecule has 0 amide bonds. The number of nitrogens with one attached hydrogen (secondary N) is 1. The van der Waals surface area contributed by atoms with Crippen LogP contribution in [0.15, 0.2) is 82.1 Å². The topological polar surface area (TPSA) is 68.1 Å². The van der Waals surface area contributed by atoms with Crippen molar-refractivity contribution in [1.29, 1.82) is 0 Å². The van der Waals surface area contributed by atoms with Crippen LogP contribution in [0.4, 0.5) is 0 Å². The average molecular weight is 443 g/mol. The predicted molar refractivity (Wildman–Crippen MR) is 132 cm³/mol. The van der Waals surface area contributed by atoms with Crippen LogP contribution >= 0.6 is 0 Å². The predicted octanol–water partition coefficient (Wildman–Crippen LogP) is 6.40. The van der Waals surface area contributed by atoms with Crippen molar-refractivity contribution in [2.45, 2.75) is 45.4 Å². The van der Waals surface area contributed by atoms with Crippen LogP contribution in [0.2, 0.25) is 0 Å². The highest BCUT2D eigenvalue weighted by Gasteiger charge is 2.29. The Labute approximate surface area is 194 Å². The van der Waals surface area contributed by atoms with Gasteiger partial charge in [-0.05, 0) is 72.1 Å². The number of hydrogen-bond acceptors (Lipinski definition) is 4. The lowest BCUT2D eigenvalue weighted by Crippen LogP contribution is -2.27. The fourth-order valence-corrected chi connectivity index (χ4v) is 4.60. The van der Waals surface area contributed by atoms with E-state index in [1.165, 1.54) is 11.1 Å². The number of rotatable bonds is 9. The SMILES string of the molecule is CCOc1cccc(C(CC)(CC)Cc2ccc(-c3ccccc3)c(-c3noc(=O)[nH]3)c2)c1. The number of ether oxygens (including phenoxy) is 1. The molecule has 0 fully saturated rings. The Hall–Kier alpha value is -3.60. The van der Waals surface area contributed by atoms with E-state index in [4.69, 9.17) is 9.26 Å². The van der Waals surface area contributed by atoms with Crippen LogP contribution in [0.25, 0.3) is 22.5 Å². The van der Waals surface area contributed by atoms with Crippen molar-refractivity contribution in [2.24, 2.45) is 0 Å². The Morgan fingerprint density at radius 2 is 1.70 bits per heavy atom. The summed E-state index contributed by atoms with van der Waals surface area (Å²) in [6, 6.07) is 25.0. The highest BCUT2D eigenvalue weighted by molar-refractivity contribution is 5.80. The third kappa shape index (κ3) is 4.77. The van der Waals surface area contributed by atoms with Crippen LogP contribution in [0.3, 0.4) is 0 Å². The first kappa shape index (κ1) is 22.6. The number of benzene rings is 3. The largest absolute Gasteiger partial charge is 0.494 e. The summed E-state index contributed by atoms with van der Waals surface area (Å²) in [6.07, 6.45) is 2.85. The number of aromatic nitrogens is 2. The van der Waals surface area contributed by atoms with Gasteiger partial charge in [0.15, 0.2) is 5.82 Å². The quantitative estimate of drug-likeness (QED) is 0.326. The van der Waals surface area contributed by atoms with Crippen LogP contribution in [-0.4, -0.2) is 16.7 Å². The highest BCUT2D eigenvalue weighted by atomic mass is 16.5. The van der Waals surface area contributed by atoms with Gasteiger partial charge < -0.3 is 4.74 Å². The first-order chi connectivity index (χ1) is 16.1. The minimum absolute atomic E-state index is 0.0319. The fraction of sp³-hybridized carbons (Fsp3) is 0.286. The van der Waals surface area contributed by atoms with Gasteiger partial charge in [0.2, 0.25) is 0 Å². The molecule has 5 heteroatoms. The van der Waals surface area contributed by atoms with Crippen molar-refractivity contribution < 1.29 is 9.26 Å². The standard InChI is InChI=1S/C28H30N2O3/c1-4-28(5-2,22-13-10-14-23(18-22)32-6-3)19-20-15-16-24(21-11-8-7-9-12-21)25(17-20)26-29-27(31)33-30-26/h7-18H,4-6,19H2,1-3H3,(H,29,30,31). The van der Waals surface area contributed by atoms with Gasteiger partial charge in [-0.1, -0.05) is 73.6 Å². The molecule has 3 aromatic carbocycles. The molecule has 4 rings (SSSR count). The van der Waals surface area contributed by atoms with Crippen molar-refractivity contribution in [1.82, 2.24) is 10.1 Å². The average Bonchev–Trinajstić information content (AvgIpc) is 3.29. The molecule has 5 nitrogen and oxygen atoms in total. The fourth-order valence-electron chi connectivity index (χ4n) is 4.60. The zero-order chi connectivity index (χ0) is 23.3. The van der Waals surface area contributed by atoms with Crippen molar-refractivity contribution in [3.8, 4) is 28.3 Å². The molecule has 0 saturated carbocycles. The molecule has 33 heavy (non-hydrogen) atoms. The third-order valence-corrected chi connectivity index (χ3v) is 6.52. The van der Waals surface area contributed by atoms with E-state index in [1.54, 1.807) is 0 Å². The lowest BCUT2D eigenvalue weighted by atomic mass is 9.71. The lowest BCUT2D eigenvalue weighted by molar-refractivity contribution is 0.336. The number of nitrogens with zero attached hydrogens (tertiary/aromatic N) is 1. The second-order valence-corrected chi connectivity index (χ2v) is 8.31. The Kier molecular flexibility index (Phi) is 6.78. The Morgan fingerprint density at radius 1 is 0.909 bits per heavy atom. The molecular formula is C28H30N2O3. The minimum atomic E-state index is -0.557. The normalized spacial score (nSPS) is 11.5. The summed E-state index contributed by atoms with van der Waals surface area (Å²) in [6.45, 7) is 7.13. The first-order valence-corrected chi connectivity index (χ1v) is 11.6. The molecule has 1 N–H and O–H groups in total. The minimum Gasteiger partial charge on any atom is -0.494 e. The van der Waals surface area contributed by atoms with Crippen molar-refractivity contribution in [3.63, 3.8) is 0 Å². The van der Waals surface area contributed by atoms with Gasteiger partial charge in [-0.2, -0.15) is 0 Å². The molecule has 0 unspecified atom stereocenters. The molecule has 0 aliphatic rings. The van der Waals surface area contributed by atoms with E-state index in [0.717, 1.165) is 41.7 Å². The monoisotopic (exact) mass is 442 g/mol. The molecule has 0 radical (unpaired) electrons. The summed E-state index contributed by atoms with van der Waals surface area (Å²) in [7, 11) is 0. The van der Waals surface area contributed by atoms with Gasteiger partial charge in [0.25, 0.3) is 0 Å². The maximum absolute atomic E-state index is 11.7. The molecule has 0 saturated heterocycles. The van der Waals surface area contributed by atoms with E-state index in [9.17, 15) is 4.79 Å². The number of hydrogen-bond donors (Lipinski definition) is 1. The molecule has 0 atom stereocenters. The Bertz CT molecular complexity index is 1250. The van der Waals surface area contributed by atoms with Crippen molar-refractivity contribution >= 4 is 0 Å². The zero-order valence-electron chi connectivity index (χ0n) is 19.4. The van der Waals surface area contributed by atoms with Gasteiger partial charge >= 0.3 is 5.76 Å². The van der Waals surface area contributed by atoms with Gasteiger partial charge in [-0.3, -0.25) is 9.51 Å². The van der Waals surface area contributed by atoms with Crippen LogP contribution in [0.5, 0.6) is 5.75 Å². The lowest BCUT2D eigenvalue weighted by Gasteiger charge is -2.33. The summed E-state index contributed by atoms with van der Waals surface area (Å²) in [5.74, 6) is 0.790. The maximum atomic E-state index is 11.7. The molecule has 0 aliphatic heterocycles. The summed E-state index contributed by atoms with van der Waals surface area (Å²) < 4.78 is 10.6. The van der Waals surface area contributed by atoms with Crippen LogP contribution in [0, 0.1) is 0 Å². The second-order valence-electron chi connectivity index (χ2n) is 8.31. The first-order valence-electron chi connectivity index (χ1n) is 11.6. The zero-order valence-corrected chi connectivity index (χ0v) is 19.4. The van der Waals surface area contributed by atoms with Gasteiger partial charge in [-0.15, -0.1) is 0 Å². The van der Waals surface area contributed by atoms with E-state index in [1.807, 2.05) is 31.2 Å². The molecule has 1 heterocycles. The number of aromatic amines is 1. The smallest absolute Gasteiger partial charge is 0.439 e. The third-order valence-electron chi connectivity index (χ3n) is 6.52. The molecule has 0 spiro atoms. The van der Waals surface area contributed by atoms with Gasteiger partial charge in [0.05, 0.1) is 6.61 Å². The Balaban J connectivity index is 1.78. The van der Waals surface area contributed by atoms with E-state index >= 15 is 0 Å². The molecule has 0 aliphatic carbocycles. The van der Waals surface area contributed by atoms with E-state index in [-0.39, 0.29) is 5.41 Å². The molecule has 4 aromatic rings. The van der Waals surface area contributed by atoms with E-state index in [0.29, 0.717) is 12.4 Å². The van der Waals surface area contributed by atoms with E-state index < -0.39 is 5.76 Å². The van der Waals surface area contributed by atoms with Crippen LogP contribution < -0.4 is 10.5 Å². The van der Waals surface area contributed by atoms with Crippen molar-refractivity contribution in [2.75, 3.05) is 6.61 Å². The maximum Gasteiger partial charge on any atom is 0.439 e. The van der Waals surface area contributed by atoms with Crippen molar-refractivity contribution in [3.05, 3.63) is 94.5 Å². The van der Waals surface area contributed by atoms with Gasteiger partial charge in [0.1, 0.15) is 5.75 Å². The summed E-state index contributed by atoms with van der Waals surface area (Å²) in [5.41, 5.74) is 5.34. The molecule has 1 aromatic heterocycles. The Morgan fingerprint density at radius 3 is 2.36 bits per heavy atom. The van der Waals surface area contributed by atoms with Gasteiger partial charge in [-0.25, -0.2) is 4.79 Å². The van der Waals surface area contributed by atoms with Gasteiger partial charge in [0, 0.05) is 5.56 Å². The summed E-state index contributed by atoms with van der Waals surface area (Å²) in [4.78, 5) is 14.4. The molecule has 170 valence electrons. The van der Waals surface area contributed by atoms with Crippen LogP contribution in [0.1, 0.15) is 44.7 Å².